The molecule has 0 aromatic heterocycles. The van der Waals surface area contributed by atoms with E-state index in [-0.39, 0.29) is 12.8 Å². The smallest absolute Gasteiger partial charge is 0.336 e. The lowest BCUT2D eigenvalue weighted by molar-refractivity contribution is -0.250. The fourth-order valence-corrected chi connectivity index (χ4v) is 3.16. The Bertz CT molecular complexity index is 565. The molecule has 1 aliphatic heterocycles. The van der Waals surface area contributed by atoms with Crippen LogP contribution < -0.4 is 0 Å². The van der Waals surface area contributed by atoms with Crippen molar-refractivity contribution in [2.24, 2.45) is 17.0 Å². The van der Waals surface area contributed by atoms with Crippen LogP contribution in [-0.2, 0) is 14.3 Å². The number of rotatable bonds is 9. The van der Waals surface area contributed by atoms with Gasteiger partial charge in [-0.05, 0) is 11.4 Å². The van der Waals surface area contributed by atoms with E-state index in [1.807, 2.05) is 0 Å². The molecule has 0 bridgehead atoms. The van der Waals surface area contributed by atoms with Gasteiger partial charge in [0.1, 0.15) is 18.0 Å². The quantitative estimate of drug-likeness (QED) is 0.196. The third kappa shape index (κ3) is 4.70. The summed E-state index contributed by atoms with van der Waals surface area (Å²) in [6.45, 7) is 1.84. The summed E-state index contributed by atoms with van der Waals surface area (Å²) in [5, 5.41) is 52.3. The van der Waals surface area contributed by atoms with Gasteiger partial charge in [0.15, 0.2) is 5.60 Å². The SMILES string of the molecule is CC(C)[C@]1(C(=O)O)C[C@@H](O)[C@@H](CC(=O)CN=[N+]=[N-])C([C@H](O)[C@H](O)CO)O1. The van der Waals surface area contributed by atoms with Crippen LogP contribution in [0.15, 0.2) is 5.11 Å². The Morgan fingerprint density at radius 2 is 2.00 bits per heavy atom. The number of aliphatic carboxylic acids is 1. The van der Waals surface area contributed by atoms with Gasteiger partial charge < -0.3 is 30.3 Å². The first kappa shape index (κ1) is 22.3. The Labute approximate surface area is 149 Å². The Morgan fingerprint density at radius 3 is 2.46 bits per heavy atom. The van der Waals surface area contributed by atoms with Crippen molar-refractivity contribution in [1.82, 2.24) is 0 Å². The van der Waals surface area contributed by atoms with Gasteiger partial charge in [-0.25, -0.2) is 4.79 Å². The van der Waals surface area contributed by atoms with E-state index in [9.17, 15) is 30.0 Å². The number of Topliss-reactive ketones (excluding diaryl/α,β-unsaturated/α-hetero) is 1. The molecule has 0 aromatic carbocycles. The van der Waals surface area contributed by atoms with E-state index < -0.39 is 66.8 Å². The monoisotopic (exact) mass is 375 g/mol. The summed E-state index contributed by atoms with van der Waals surface area (Å²) in [5.41, 5.74) is 6.45. The summed E-state index contributed by atoms with van der Waals surface area (Å²) < 4.78 is 5.63. The maximum Gasteiger partial charge on any atom is 0.336 e. The molecule has 1 unspecified atom stereocenters. The average Bonchev–Trinajstić information content (AvgIpc) is 2.59. The molecule has 0 spiro atoms. The standard InChI is InChI=1S/C15H25N3O8/c1-7(2)15(14(24)25)4-10(21)9(3-8(20)5-17-18-16)13(26-15)12(23)11(22)6-19/h7,9-13,19,21-23H,3-6H2,1-2H3,(H,24,25)/t9-,10-,11-,12-,13?,15+/m1/s1. The number of azide groups is 1. The van der Waals surface area contributed by atoms with Gasteiger partial charge >= 0.3 is 5.97 Å². The maximum absolute atomic E-state index is 11.9. The largest absolute Gasteiger partial charge is 0.479 e. The van der Waals surface area contributed by atoms with E-state index >= 15 is 0 Å². The molecule has 11 heteroatoms. The third-order valence-electron chi connectivity index (χ3n) is 4.76. The zero-order valence-corrected chi connectivity index (χ0v) is 14.6. The summed E-state index contributed by atoms with van der Waals surface area (Å²) in [5.74, 6) is -3.52. The first-order chi connectivity index (χ1) is 12.1. The second-order valence-electron chi connectivity index (χ2n) is 6.74. The van der Waals surface area contributed by atoms with Crippen LogP contribution in [0.4, 0.5) is 0 Å². The van der Waals surface area contributed by atoms with Crippen LogP contribution in [0.2, 0.25) is 0 Å². The summed E-state index contributed by atoms with van der Waals surface area (Å²) in [6, 6.07) is 0. The van der Waals surface area contributed by atoms with Crippen LogP contribution in [0.25, 0.3) is 10.4 Å². The first-order valence-corrected chi connectivity index (χ1v) is 8.19. The molecule has 1 heterocycles. The molecule has 6 atom stereocenters. The molecule has 0 aromatic rings. The number of ketones is 1. The molecule has 1 aliphatic rings. The normalized spacial score (nSPS) is 31.1. The van der Waals surface area contributed by atoms with Gasteiger partial charge in [-0.1, -0.05) is 19.0 Å². The molecule has 148 valence electrons. The van der Waals surface area contributed by atoms with Crippen molar-refractivity contribution in [3.8, 4) is 0 Å². The number of aliphatic hydroxyl groups is 4. The molecule has 26 heavy (non-hydrogen) atoms. The number of carbonyl (C=O) groups is 2. The van der Waals surface area contributed by atoms with Crippen molar-refractivity contribution in [1.29, 1.82) is 0 Å². The minimum atomic E-state index is -1.83. The highest BCUT2D eigenvalue weighted by molar-refractivity contribution is 5.81. The first-order valence-electron chi connectivity index (χ1n) is 8.19. The van der Waals surface area contributed by atoms with Gasteiger partial charge in [-0.3, -0.25) is 4.79 Å². The zero-order chi connectivity index (χ0) is 20.1. The Kier molecular flexibility index (Phi) is 7.94. The minimum absolute atomic E-state index is 0.322. The molecule has 0 aliphatic carbocycles. The second-order valence-corrected chi connectivity index (χ2v) is 6.74. The fraction of sp³-hybridized carbons (Fsp3) is 0.867. The van der Waals surface area contributed by atoms with Gasteiger partial charge in [0.05, 0.1) is 25.4 Å². The molecule has 5 N–H and O–H groups in total. The highest BCUT2D eigenvalue weighted by atomic mass is 16.6. The Morgan fingerprint density at radius 1 is 1.38 bits per heavy atom. The van der Waals surface area contributed by atoms with Crippen molar-refractivity contribution in [2.75, 3.05) is 13.2 Å². The molecule has 0 amide bonds. The summed E-state index contributed by atoms with van der Waals surface area (Å²) in [6.07, 6.45) is -6.81. The van der Waals surface area contributed by atoms with Crippen molar-refractivity contribution < 1.29 is 39.9 Å². The van der Waals surface area contributed by atoms with Gasteiger partial charge in [-0.15, -0.1) is 0 Å². The lowest BCUT2D eigenvalue weighted by Crippen LogP contribution is -2.62. The highest BCUT2D eigenvalue weighted by Crippen LogP contribution is 2.41. The lowest BCUT2D eigenvalue weighted by Gasteiger charge is -2.48. The van der Waals surface area contributed by atoms with Crippen LogP contribution in [0.5, 0.6) is 0 Å². The highest BCUT2D eigenvalue weighted by Gasteiger charge is 2.55. The number of carbonyl (C=O) groups excluding carboxylic acids is 1. The van der Waals surface area contributed by atoms with Gasteiger partial charge in [0.2, 0.25) is 0 Å². The fourth-order valence-electron chi connectivity index (χ4n) is 3.16. The maximum atomic E-state index is 11.9. The van der Waals surface area contributed by atoms with Crippen LogP contribution in [-0.4, -0.2) is 80.5 Å². The minimum Gasteiger partial charge on any atom is -0.479 e. The van der Waals surface area contributed by atoms with Crippen LogP contribution in [0.1, 0.15) is 26.7 Å². The number of ether oxygens (including phenoxy) is 1. The predicted octanol–water partition coefficient (Wildman–Crippen LogP) is -0.785. The second kappa shape index (κ2) is 9.26. The number of aliphatic hydroxyl groups excluding tert-OH is 4. The van der Waals surface area contributed by atoms with Crippen molar-refractivity contribution in [3.63, 3.8) is 0 Å². The molecule has 1 saturated heterocycles. The van der Waals surface area contributed by atoms with E-state index in [1.165, 1.54) is 0 Å². The molecule has 1 rings (SSSR count). The molecule has 0 saturated carbocycles. The van der Waals surface area contributed by atoms with E-state index in [0.717, 1.165) is 0 Å². The lowest BCUT2D eigenvalue weighted by atomic mass is 9.73. The molecular weight excluding hydrogens is 350 g/mol. The van der Waals surface area contributed by atoms with Gasteiger partial charge in [0.25, 0.3) is 0 Å². The predicted molar refractivity (Wildman–Crippen MR) is 86.9 cm³/mol. The van der Waals surface area contributed by atoms with Crippen molar-refractivity contribution in [2.45, 2.75) is 56.7 Å². The Hall–Kier alpha value is -1.75. The van der Waals surface area contributed by atoms with Gasteiger partial charge in [0, 0.05) is 23.7 Å². The number of carboxylic acid groups (broad SMARTS) is 1. The van der Waals surface area contributed by atoms with Crippen LogP contribution in [0.3, 0.4) is 0 Å². The summed E-state index contributed by atoms with van der Waals surface area (Å²) in [7, 11) is 0. The van der Waals surface area contributed by atoms with Crippen LogP contribution >= 0.6 is 0 Å². The van der Waals surface area contributed by atoms with E-state index in [1.54, 1.807) is 13.8 Å². The zero-order valence-electron chi connectivity index (χ0n) is 14.6. The number of hydrogen-bond acceptors (Lipinski definition) is 8. The molecule has 11 nitrogen and oxygen atoms in total. The summed E-state index contributed by atoms with van der Waals surface area (Å²) >= 11 is 0. The number of nitrogens with zero attached hydrogens (tertiary/aromatic N) is 3. The van der Waals surface area contributed by atoms with E-state index in [2.05, 4.69) is 10.0 Å². The van der Waals surface area contributed by atoms with Crippen molar-refractivity contribution in [3.05, 3.63) is 10.4 Å². The number of carboxylic acids is 1. The molecule has 0 radical (unpaired) electrons. The van der Waals surface area contributed by atoms with Gasteiger partial charge in [-0.2, -0.15) is 0 Å². The average molecular weight is 375 g/mol. The Balaban J connectivity index is 3.21. The molecule has 1 fully saturated rings. The third-order valence-corrected chi connectivity index (χ3v) is 4.76. The van der Waals surface area contributed by atoms with E-state index in [4.69, 9.17) is 15.4 Å². The van der Waals surface area contributed by atoms with Crippen molar-refractivity contribution >= 4 is 11.8 Å². The van der Waals surface area contributed by atoms with E-state index in [0.29, 0.717) is 0 Å². The molecular formula is C15H25N3O8. The van der Waals surface area contributed by atoms with Crippen LogP contribution in [0, 0.1) is 11.8 Å². The summed E-state index contributed by atoms with van der Waals surface area (Å²) in [4.78, 5) is 26.2. The topological polar surface area (TPSA) is 193 Å². The number of hydrogen-bond donors (Lipinski definition) is 5.